The van der Waals surface area contributed by atoms with Crippen LogP contribution in [0, 0.1) is 10.8 Å². The van der Waals surface area contributed by atoms with E-state index in [0.717, 1.165) is 5.56 Å². The van der Waals surface area contributed by atoms with Crippen molar-refractivity contribution >= 4 is 28.6 Å². The largest absolute Gasteiger partial charge is 0.495 e. The number of methoxy groups -OCH3 is 1. The molecule has 0 amide bonds. The number of hydrogen-bond donors (Lipinski definition) is 3. The SMILES string of the molecule is COC1=CC(=Nc2cnn(Cc3ccc[n+](C)c3)c2N)C(=N)CC1=N. The lowest BCUT2D eigenvalue weighted by atomic mass is 10.00. The molecule has 1 aliphatic rings. The number of nitrogens with one attached hydrogen (secondary N) is 2. The standard InChI is InChI=1S/C17H20N7O/c1-23-5-3-4-11(9-23)10-24-17(20)15(8-21-24)22-14-7-16(25-2)13(19)6-12(14)18/h3-5,7-9,18-19H,6,10,20H2,1-2H3/q+1. The summed E-state index contributed by atoms with van der Waals surface area (Å²) in [6.07, 6.45) is 7.32. The van der Waals surface area contributed by atoms with Gasteiger partial charge in [-0.3, -0.25) is 0 Å². The first kappa shape index (κ1) is 16.6. The molecule has 0 radical (unpaired) electrons. The highest BCUT2D eigenvalue weighted by Crippen LogP contribution is 2.24. The first-order valence-electron chi connectivity index (χ1n) is 7.73. The number of ether oxygens (including phenoxy) is 1. The van der Waals surface area contributed by atoms with Crippen molar-refractivity contribution < 1.29 is 9.30 Å². The number of aryl methyl sites for hydroxylation is 1. The van der Waals surface area contributed by atoms with Gasteiger partial charge in [0.1, 0.15) is 24.3 Å². The van der Waals surface area contributed by atoms with E-state index in [1.807, 2.05) is 36.1 Å². The number of pyridine rings is 1. The van der Waals surface area contributed by atoms with E-state index in [-0.39, 0.29) is 17.8 Å². The molecular formula is C17H20N7O+. The highest BCUT2D eigenvalue weighted by atomic mass is 16.5. The number of nitrogen functional groups attached to an aromatic ring is 1. The number of hydrogen-bond acceptors (Lipinski definition) is 6. The first-order valence-corrected chi connectivity index (χ1v) is 7.73. The quantitative estimate of drug-likeness (QED) is 0.731. The zero-order valence-electron chi connectivity index (χ0n) is 14.2. The predicted molar refractivity (Wildman–Crippen MR) is 95.6 cm³/mol. The third kappa shape index (κ3) is 3.47. The molecule has 0 aromatic carbocycles. The number of aliphatic imine (C=N–C) groups is 1. The lowest BCUT2D eigenvalue weighted by Crippen LogP contribution is -2.27. The summed E-state index contributed by atoms with van der Waals surface area (Å²) in [4.78, 5) is 4.44. The van der Waals surface area contributed by atoms with E-state index in [1.165, 1.54) is 7.11 Å². The Morgan fingerprint density at radius 2 is 2.20 bits per heavy atom. The van der Waals surface area contributed by atoms with Gasteiger partial charge in [0.2, 0.25) is 0 Å². The molecule has 0 saturated carbocycles. The zero-order chi connectivity index (χ0) is 18.0. The highest BCUT2D eigenvalue weighted by molar-refractivity contribution is 6.51. The number of nitrogens with two attached hydrogens (primary N) is 1. The van der Waals surface area contributed by atoms with E-state index < -0.39 is 0 Å². The number of anilines is 1. The average molecular weight is 338 g/mol. The molecule has 4 N–H and O–H groups in total. The summed E-state index contributed by atoms with van der Waals surface area (Å²) in [5.74, 6) is 0.845. The summed E-state index contributed by atoms with van der Waals surface area (Å²) >= 11 is 0. The number of rotatable bonds is 4. The van der Waals surface area contributed by atoms with Crippen molar-refractivity contribution in [2.45, 2.75) is 13.0 Å². The maximum Gasteiger partial charge on any atom is 0.173 e. The first-order chi connectivity index (χ1) is 12.0. The van der Waals surface area contributed by atoms with Gasteiger partial charge in [-0.05, 0) is 6.07 Å². The van der Waals surface area contributed by atoms with Gasteiger partial charge in [0.25, 0.3) is 0 Å². The summed E-state index contributed by atoms with van der Waals surface area (Å²) in [6, 6.07) is 3.97. The molecule has 3 rings (SSSR count). The van der Waals surface area contributed by atoms with Crippen LogP contribution in [0.15, 0.2) is 47.6 Å². The Balaban J connectivity index is 1.89. The smallest absolute Gasteiger partial charge is 0.173 e. The predicted octanol–water partition coefficient (Wildman–Crippen LogP) is 1.38. The van der Waals surface area contributed by atoms with E-state index in [2.05, 4.69) is 10.1 Å². The molecule has 2 heterocycles. The fourth-order valence-corrected chi connectivity index (χ4v) is 2.58. The van der Waals surface area contributed by atoms with E-state index in [9.17, 15) is 0 Å². The van der Waals surface area contributed by atoms with Crippen LogP contribution >= 0.6 is 0 Å². The van der Waals surface area contributed by atoms with Gasteiger partial charge in [-0.15, -0.1) is 0 Å². The third-order valence-corrected chi connectivity index (χ3v) is 3.88. The van der Waals surface area contributed by atoms with Crippen molar-refractivity contribution in [1.29, 1.82) is 10.8 Å². The second-order valence-electron chi connectivity index (χ2n) is 5.79. The number of aromatic nitrogens is 3. The summed E-state index contributed by atoms with van der Waals surface area (Å²) in [6.45, 7) is 0.534. The second kappa shape index (κ2) is 6.68. The van der Waals surface area contributed by atoms with Crippen molar-refractivity contribution in [3.8, 4) is 0 Å². The molecule has 0 spiro atoms. The number of allylic oxidation sites excluding steroid dienone is 2. The molecule has 25 heavy (non-hydrogen) atoms. The highest BCUT2D eigenvalue weighted by Gasteiger charge is 2.20. The van der Waals surface area contributed by atoms with Crippen LogP contribution in [0.1, 0.15) is 12.0 Å². The van der Waals surface area contributed by atoms with Gasteiger partial charge < -0.3 is 21.3 Å². The fourth-order valence-electron chi connectivity index (χ4n) is 2.58. The zero-order valence-corrected chi connectivity index (χ0v) is 14.2. The van der Waals surface area contributed by atoms with Crippen molar-refractivity contribution in [2.24, 2.45) is 12.0 Å². The summed E-state index contributed by atoms with van der Waals surface area (Å²) in [5, 5.41) is 20.1. The minimum atomic E-state index is 0.188. The van der Waals surface area contributed by atoms with Gasteiger partial charge in [0.15, 0.2) is 12.4 Å². The summed E-state index contributed by atoms with van der Waals surface area (Å²) in [5.41, 5.74) is 8.70. The normalized spacial score (nSPS) is 16.2. The van der Waals surface area contributed by atoms with E-state index in [1.54, 1.807) is 17.0 Å². The Labute approximate surface area is 145 Å². The van der Waals surface area contributed by atoms with Crippen LogP contribution in [-0.2, 0) is 18.3 Å². The van der Waals surface area contributed by atoms with E-state index >= 15 is 0 Å². The van der Waals surface area contributed by atoms with Gasteiger partial charge in [-0.1, -0.05) is 0 Å². The van der Waals surface area contributed by atoms with Crippen LogP contribution in [0.5, 0.6) is 0 Å². The molecule has 1 aliphatic carbocycles. The molecule has 2 aromatic heterocycles. The Kier molecular flexibility index (Phi) is 4.42. The van der Waals surface area contributed by atoms with Gasteiger partial charge >= 0.3 is 0 Å². The van der Waals surface area contributed by atoms with Gasteiger partial charge in [0.05, 0.1) is 37.0 Å². The van der Waals surface area contributed by atoms with Crippen LogP contribution in [-0.4, -0.2) is 34.0 Å². The van der Waals surface area contributed by atoms with Crippen LogP contribution in [0.25, 0.3) is 0 Å². The van der Waals surface area contributed by atoms with Gasteiger partial charge in [-0.2, -0.15) is 5.10 Å². The monoisotopic (exact) mass is 338 g/mol. The molecule has 0 unspecified atom stereocenters. The van der Waals surface area contributed by atoms with Gasteiger partial charge in [0, 0.05) is 24.1 Å². The van der Waals surface area contributed by atoms with Crippen LogP contribution < -0.4 is 10.3 Å². The van der Waals surface area contributed by atoms with Crippen LogP contribution in [0.3, 0.4) is 0 Å². The molecule has 0 saturated heterocycles. The molecule has 8 heteroatoms. The fraction of sp³-hybridized carbons (Fsp3) is 0.235. The van der Waals surface area contributed by atoms with Crippen molar-refractivity contribution in [3.05, 3.63) is 48.1 Å². The Hall–Kier alpha value is -3.29. The molecule has 0 bridgehead atoms. The van der Waals surface area contributed by atoms with Crippen molar-refractivity contribution in [2.75, 3.05) is 12.8 Å². The minimum Gasteiger partial charge on any atom is -0.495 e. The van der Waals surface area contributed by atoms with Crippen molar-refractivity contribution in [1.82, 2.24) is 9.78 Å². The van der Waals surface area contributed by atoms with E-state index in [4.69, 9.17) is 21.3 Å². The minimum absolute atomic E-state index is 0.188. The summed E-state index contributed by atoms with van der Waals surface area (Å²) < 4.78 is 8.78. The molecular weight excluding hydrogens is 318 g/mol. The number of nitrogens with zero attached hydrogens (tertiary/aromatic N) is 4. The topological polar surface area (TPSA) is 117 Å². The maximum absolute atomic E-state index is 8.03. The Morgan fingerprint density at radius 1 is 1.40 bits per heavy atom. The molecule has 2 aromatic rings. The third-order valence-electron chi connectivity index (χ3n) is 3.88. The summed E-state index contributed by atoms with van der Waals surface area (Å²) in [7, 11) is 3.46. The maximum atomic E-state index is 8.03. The van der Waals surface area contributed by atoms with Crippen molar-refractivity contribution in [3.63, 3.8) is 0 Å². The second-order valence-corrected chi connectivity index (χ2v) is 5.79. The average Bonchev–Trinajstić information content (AvgIpc) is 2.90. The molecule has 0 fully saturated rings. The molecule has 0 atom stereocenters. The van der Waals surface area contributed by atoms with Crippen LogP contribution in [0.4, 0.5) is 11.5 Å². The Bertz CT molecular complexity index is 907. The molecule has 8 nitrogen and oxygen atoms in total. The molecule has 128 valence electrons. The van der Waals surface area contributed by atoms with E-state index in [0.29, 0.717) is 29.5 Å². The van der Waals surface area contributed by atoms with Crippen LogP contribution in [0.2, 0.25) is 0 Å². The lowest BCUT2D eigenvalue weighted by molar-refractivity contribution is -0.671. The Morgan fingerprint density at radius 3 is 2.92 bits per heavy atom. The van der Waals surface area contributed by atoms with Gasteiger partial charge in [-0.25, -0.2) is 14.2 Å². The molecule has 0 aliphatic heterocycles. The lowest BCUT2D eigenvalue weighted by Gasteiger charge is -2.15.